The van der Waals surface area contributed by atoms with Crippen molar-refractivity contribution in [3.8, 4) is 0 Å². The number of carbonyl (C=O) groups excluding carboxylic acids is 1. The van der Waals surface area contributed by atoms with Gasteiger partial charge in [0, 0.05) is 11.1 Å². The second kappa shape index (κ2) is 3.81. The molecule has 4 heteroatoms. The lowest BCUT2D eigenvalue weighted by Gasteiger charge is -2.65. The molecule has 2 N–H and O–H groups in total. The highest BCUT2D eigenvalue weighted by molar-refractivity contribution is 5.92. The number of nitrogens with zero attached hydrogens (tertiary/aromatic N) is 1. The van der Waals surface area contributed by atoms with Crippen LogP contribution >= 0.6 is 0 Å². The van der Waals surface area contributed by atoms with E-state index in [0.29, 0.717) is 0 Å². The van der Waals surface area contributed by atoms with Crippen LogP contribution in [0.2, 0.25) is 0 Å². The second-order valence-corrected chi connectivity index (χ2v) is 6.16. The predicted octanol–water partition coefficient (Wildman–Crippen LogP) is 1.60. The highest BCUT2D eigenvalue weighted by Crippen LogP contribution is 2.51. The lowest BCUT2D eigenvalue weighted by molar-refractivity contribution is -0.300. The van der Waals surface area contributed by atoms with Gasteiger partial charge in [-0.05, 0) is 27.2 Å². The lowest BCUT2D eigenvalue weighted by Crippen LogP contribution is -2.83. The maximum atomic E-state index is 12.2. The molecule has 102 valence electrons. The molecule has 1 aromatic rings. The molecule has 2 aliphatic rings. The minimum absolute atomic E-state index is 0.0271. The van der Waals surface area contributed by atoms with E-state index >= 15 is 0 Å². The first-order valence-electron chi connectivity index (χ1n) is 6.73. The first-order chi connectivity index (χ1) is 8.89. The minimum Gasteiger partial charge on any atom is -0.346 e. The number of benzene rings is 1. The zero-order chi connectivity index (χ0) is 13.8. The van der Waals surface area contributed by atoms with Crippen molar-refractivity contribution in [3.63, 3.8) is 0 Å². The van der Waals surface area contributed by atoms with E-state index in [-0.39, 0.29) is 17.6 Å². The molecule has 3 rings (SSSR count). The zero-order valence-electron chi connectivity index (χ0n) is 11.6. The number of carbonyl (C=O) groups is 1. The topological polar surface area (TPSA) is 55.6 Å². The molecule has 0 radical (unpaired) electrons. The minimum atomic E-state index is -0.792. The summed E-state index contributed by atoms with van der Waals surface area (Å²) in [5, 5.41) is 0. The number of fused-ring (bicyclic) bond motifs is 1. The summed E-state index contributed by atoms with van der Waals surface area (Å²) < 4.78 is 6.16. The molecule has 0 spiro atoms. The van der Waals surface area contributed by atoms with Gasteiger partial charge in [0.15, 0.2) is 5.72 Å². The molecule has 1 amide bonds. The van der Waals surface area contributed by atoms with Gasteiger partial charge in [-0.25, -0.2) is 0 Å². The molecule has 3 atom stereocenters. The molecule has 19 heavy (non-hydrogen) atoms. The first-order valence-corrected chi connectivity index (χ1v) is 6.73. The van der Waals surface area contributed by atoms with Crippen LogP contribution in [0.25, 0.3) is 0 Å². The van der Waals surface area contributed by atoms with Crippen LogP contribution in [0.5, 0.6) is 0 Å². The SMILES string of the molecule is CC1CC(C)(C)N2C(=O)C(N)C2(c2ccccc2)O1. The van der Waals surface area contributed by atoms with Crippen molar-refractivity contribution in [2.24, 2.45) is 5.73 Å². The van der Waals surface area contributed by atoms with Crippen LogP contribution in [0.1, 0.15) is 32.8 Å². The Morgan fingerprint density at radius 1 is 1.32 bits per heavy atom. The third-order valence-corrected chi connectivity index (χ3v) is 4.20. The number of hydrogen-bond donors (Lipinski definition) is 1. The van der Waals surface area contributed by atoms with Gasteiger partial charge in [-0.2, -0.15) is 0 Å². The summed E-state index contributed by atoms with van der Waals surface area (Å²) in [6.45, 7) is 6.19. The second-order valence-electron chi connectivity index (χ2n) is 6.16. The molecule has 4 nitrogen and oxygen atoms in total. The van der Waals surface area contributed by atoms with Gasteiger partial charge in [-0.15, -0.1) is 0 Å². The number of β-lactam (4-membered cyclic amide) rings is 1. The summed E-state index contributed by atoms with van der Waals surface area (Å²) in [7, 11) is 0. The van der Waals surface area contributed by atoms with Crippen molar-refractivity contribution < 1.29 is 9.53 Å². The van der Waals surface area contributed by atoms with E-state index in [0.717, 1.165) is 12.0 Å². The van der Waals surface area contributed by atoms with Gasteiger partial charge < -0.3 is 15.4 Å². The molecule has 0 aromatic heterocycles. The lowest BCUT2D eigenvalue weighted by atomic mass is 9.75. The maximum Gasteiger partial charge on any atom is 0.247 e. The van der Waals surface area contributed by atoms with Crippen molar-refractivity contribution in [2.45, 2.75) is 50.6 Å². The highest BCUT2D eigenvalue weighted by Gasteiger charge is 2.67. The number of hydrogen-bond acceptors (Lipinski definition) is 3. The van der Waals surface area contributed by atoms with Gasteiger partial charge >= 0.3 is 0 Å². The van der Waals surface area contributed by atoms with Crippen LogP contribution in [-0.4, -0.2) is 28.5 Å². The average Bonchev–Trinajstić information content (AvgIpc) is 2.36. The Kier molecular flexibility index (Phi) is 2.53. The Bertz CT molecular complexity index is 514. The summed E-state index contributed by atoms with van der Waals surface area (Å²) in [6.07, 6.45) is 0.894. The molecule has 1 aromatic carbocycles. The molecule has 2 fully saturated rings. The Hall–Kier alpha value is -1.39. The van der Waals surface area contributed by atoms with Gasteiger partial charge in [0.1, 0.15) is 6.04 Å². The normalized spacial score (nSPS) is 36.6. The van der Waals surface area contributed by atoms with Crippen molar-refractivity contribution >= 4 is 5.91 Å². The molecule has 0 aliphatic carbocycles. The average molecular weight is 260 g/mol. The molecule has 3 unspecified atom stereocenters. The van der Waals surface area contributed by atoms with E-state index in [9.17, 15) is 4.79 Å². The number of rotatable bonds is 1. The third kappa shape index (κ3) is 1.50. The highest BCUT2D eigenvalue weighted by atomic mass is 16.5. The summed E-state index contributed by atoms with van der Waals surface area (Å²) in [5.74, 6) is -0.0271. The van der Waals surface area contributed by atoms with Gasteiger partial charge in [-0.1, -0.05) is 30.3 Å². The van der Waals surface area contributed by atoms with Crippen LogP contribution in [0, 0.1) is 0 Å². The summed E-state index contributed by atoms with van der Waals surface area (Å²) in [4.78, 5) is 14.0. The van der Waals surface area contributed by atoms with E-state index in [2.05, 4.69) is 13.8 Å². The third-order valence-electron chi connectivity index (χ3n) is 4.20. The van der Waals surface area contributed by atoms with Crippen LogP contribution in [0.15, 0.2) is 30.3 Å². The van der Waals surface area contributed by atoms with E-state index in [4.69, 9.17) is 10.5 Å². The fourth-order valence-corrected chi connectivity index (χ4v) is 3.61. The van der Waals surface area contributed by atoms with E-state index < -0.39 is 11.8 Å². The van der Waals surface area contributed by atoms with Crippen LogP contribution < -0.4 is 5.73 Å². The fourth-order valence-electron chi connectivity index (χ4n) is 3.61. The largest absolute Gasteiger partial charge is 0.346 e. The van der Waals surface area contributed by atoms with Gasteiger partial charge in [0.2, 0.25) is 5.91 Å². The van der Waals surface area contributed by atoms with Crippen LogP contribution in [0.3, 0.4) is 0 Å². The van der Waals surface area contributed by atoms with Crippen LogP contribution in [-0.2, 0) is 15.3 Å². The van der Waals surface area contributed by atoms with Crippen molar-refractivity contribution in [2.75, 3.05) is 0 Å². The molecule has 2 aliphatic heterocycles. The Morgan fingerprint density at radius 3 is 2.58 bits per heavy atom. The maximum absolute atomic E-state index is 12.2. The van der Waals surface area contributed by atoms with Crippen molar-refractivity contribution in [1.29, 1.82) is 0 Å². The molecule has 2 saturated heterocycles. The van der Waals surface area contributed by atoms with Gasteiger partial charge in [0.05, 0.1) is 6.10 Å². The van der Waals surface area contributed by atoms with Gasteiger partial charge in [-0.3, -0.25) is 4.79 Å². The smallest absolute Gasteiger partial charge is 0.247 e. The molecular formula is C15H20N2O2. The van der Waals surface area contributed by atoms with Crippen LogP contribution in [0.4, 0.5) is 0 Å². The summed E-state index contributed by atoms with van der Waals surface area (Å²) in [6, 6.07) is 9.20. The molecule has 2 heterocycles. The zero-order valence-corrected chi connectivity index (χ0v) is 11.6. The Balaban J connectivity index is 2.13. The van der Waals surface area contributed by atoms with Gasteiger partial charge in [0.25, 0.3) is 0 Å². The Labute approximate surface area is 113 Å². The monoisotopic (exact) mass is 260 g/mol. The Morgan fingerprint density at radius 2 is 1.95 bits per heavy atom. The fraction of sp³-hybridized carbons (Fsp3) is 0.533. The van der Waals surface area contributed by atoms with Crippen molar-refractivity contribution in [1.82, 2.24) is 4.90 Å². The summed E-state index contributed by atoms with van der Waals surface area (Å²) >= 11 is 0. The standard InChI is InChI=1S/C15H20N2O2/c1-10-9-14(2,3)17-13(18)12(16)15(17,19-10)11-7-5-4-6-8-11/h4-8,10,12H,9,16H2,1-3H3. The van der Waals surface area contributed by atoms with E-state index in [1.54, 1.807) is 0 Å². The number of amides is 1. The van der Waals surface area contributed by atoms with E-state index in [1.807, 2.05) is 42.2 Å². The number of nitrogens with two attached hydrogens (primary N) is 1. The van der Waals surface area contributed by atoms with Crippen molar-refractivity contribution in [3.05, 3.63) is 35.9 Å². The molecule has 0 bridgehead atoms. The predicted molar refractivity (Wildman–Crippen MR) is 72.2 cm³/mol. The molecule has 0 saturated carbocycles. The molecular weight excluding hydrogens is 240 g/mol. The number of ether oxygens (including phenoxy) is 1. The quantitative estimate of drug-likeness (QED) is 0.780. The van der Waals surface area contributed by atoms with E-state index in [1.165, 1.54) is 0 Å². The first kappa shape index (κ1) is 12.6. The summed E-state index contributed by atoms with van der Waals surface area (Å²) in [5.41, 5.74) is 6.04.